The smallest absolute Gasteiger partial charge is 0.343 e. The number of nitrogens with zero attached hydrogens (tertiary/aromatic N) is 1. The molecule has 3 aromatic rings. The van der Waals surface area contributed by atoms with Crippen LogP contribution in [0.25, 0.3) is 0 Å². The fourth-order valence-corrected chi connectivity index (χ4v) is 3.03. The minimum atomic E-state index is -0.490. The lowest BCUT2D eigenvalue weighted by atomic mass is 10.2. The Hall–Kier alpha value is -3.65. The van der Waals surface area contributed by atoms with Crippen LogP contribution in [0, 0.1) is 0 Å². The standard InChI is InChI=1S/C23H19BrN2O5/c1-29-19-11-9-17(24)13-18(19)22(27)26-25-14-15-8-10-20(21(12-15)30-2)31-23(28)16-6-4-3-5-7-16/h3-14H,1-2H3,(H,26,27)/b25-14+. The van der Waals surface area contributed by atoms with Crippen molar-refractivity contribution in [1.82, 2.24) is 5.43 Å². The first-order valence-corrected chi connectivity index (χ1v) is 9.93. The Balaban J connectivity index is 1.70. The lowest BCUT2D eigenvalue weighted by molar-refractivity contribution is 0.0729. The number of hydrazone groups is 1. The molecule has 0 saturated carbocycles. The predicted octanol–water partition coefficient (Wildman–Crippen LogP) is 4.45. The van der Waals surface area contributed by atoms with Crippen molar-refractivity contribution in [3.8, 4) is 17.2 Å². The summed E-state index contributed by atoms with van der Waals surface area (Å²) >= 11 is 3.33. The monoisotopic (exact) mass is 482 g/mol. The molecule has 0 heterocycles. The number of methoxy groups -OCH3 is 2. The third-order valence-corrected chi connectivity index (χ3v) is 4.68. The Bertz CT molecular complexity index is 1120. The van der Waals surface area contributed by atoms with Crippen LogP contribution in [0.4, 0.5) is 0 Å². The highest BCUT2D eigenvalue weighted by atomic mass is 79.9. The van der Waals surface area contributed by atoms with Gasteiger partial charge in [0.25, 0.3) is 5.91 Å². The molecule has 0 saturated heterocycles. The molecule has 8 heteroatoms. The van der Waals surface area contributed by atoms with Crippen LogP contribution in [-0.4, -0.2) is 32.3 Å². The second-order valence-electron chi connectivity index (χ2n) is 6.21. The maximum atomic E-state index is 12.4. The molecule has 3 aromatic carbocycles. The number of nitrogens with one attached hydrogen (secondary N) is 1. The third-order valence-electron chi connectivity index (χ3n) is 4.19. The highest BCUT2D eigenvalue weighted by molar-refractivity contribution is 9.10. The van der Waals surface area contributed by atoms with Crippen LogP contribution in [0.3, 0.4) is 0 Å². The van der Waals surface area contributed by atoms with Crippen molar-refractivity contribution >= 4 is 34.0 Å². The van der Waals surface area contributed by atoms with Gasteiger partial charge < -0.3 is 14.2 Å². The molecule has 0 unspecified atom stereocenters. The lowest BCUT2D eigenvalue weighted by Crippen LogP contribution is -2.18. The van der Waals surface area contributed by atoms with Gasteiger partial charge in [0.1, 0.15) is 5.75 Å². The first-order valence-electron chi connectivity index (χ1n) is 9.14. The largest absolute Gasteiger partial charge is 0.496 e. The van der Waals surface area contributed by atoms with Crippen molar-refractivity contribution in [2.75, 3.05) is 14.2 Å². The first kappa shape index (κ1) is 22.0. The molecular weight excluding hydrogens is 464 g/mol. The van der Waals surface area contributed by atoms with E-state index in [2.05, 4.69) is 26.5 Å². The zero-order valence-corrected chi connectivity index (χ0v) is 18.4. The van der Waals surface area contributed by atoms with Gasteiger partial charge in [0.05, 0.1) is 31.6 Å². The normalized spacial score (nSPS) is 10.5. The Morgan fingerprint density at radius 1 is 0.903 bits per heavy atom. The van der Waals surface area contributed by atoms with E-state index in [1.54, 1.807) is 60.7 Å². The van der Waals surface area contributed by atoms with Crippen molar-refractivity contribution in [2.45, 2.75) is 0 Å². The molecule has 0 aliphatic rings. The average Bonchev–Trinajstić information content (AvgIpc) is 2.80. The first-order chi connectivity index (χ1) is 15.0. The average molecular weight is 483 g/mol. The fraction of sp³-hybridized carbons (Fsp3) is 0.0870. The van der Waals surface area contributed by atoms with E-state index in [-0.39, 0.29) is 5.75 Å². The van der Waals surface area contributed by atoms with E-state index in [0.717, 1.165) is 4.47 Å². The summed E-state index contributed by atoms with van der Waals surface area (Å²) in [5.74, 6) is 0.150. The van der Waals surface area contributed by atoms with E-state index < -0.39 is 11.9 Å². The van der Waals surface area contributed by atoms with Crippen LogP contribution in [0.15, 0.2) is 76.3 Å². The zero-order valence-electron chi connectivity index (χ0n) is 16.8. The van der Waals surface area contributed by atoms with Crippen LogP contribution < -0.4 is 19.6 Å². The molecule has 0 aliphatic heterocycles. The van der Waals surface area contributed by atoms with Gasteiger partial charge in [-0.1, -0.05) is 34.1 Å². The molecule has 7 nitrogen and oxygen atoms in total. The number of benzene rings is 3. The predicted molar refractivity (Wildman–Crippen MR) is 120 cm³/mol. The summed E-state index contributed by atoms with van der Waals surface area (Å²) in [6.45, 7) is 0. The number of carbonyl (C=O) groups excluding carboxylic acids is 2. The maximum absolute atomic E-state index is 12.4. The van der Waals surface area contributed by atoms with Crippen LogP contribution in [0.2, 0.25) is 0 Å². The lowest BCUT2D eigenvalue weighted by Gasteiger charge is -2.10. The maximum Gasteiger partial charge on any atom is 0.343 e. The van der Waals surface area contributed by atoms with Gasteiger partial charge in [0.2, 0.25) is 0 Å². The highest BCUT2D eigenvalue weighted by Crippen LogP contribution is 2.28. The number of ether oxygens (including phenoxy) is 3. The molecule has 158 valence electrons. The number of carbonyl (C=O) groups is 2. The van der Waals surface area contributed by atoms with E-state index in [9.17, 15) is 9.59 Å². The van der Waals surface area contributed by atoms with E-state index in [1.807, 2.05) is 6.07 Å². The van der Waals surface area contributed by atoms with Gasteiger partial charge in [-0.25, -0.2) is 10.2 Å². The number of hydrogen-bond acceptors (Lipinski definition) is 6. The fourth-order valence-electron chi connectivity index (χ4n) is 2.67. The van der Waals surface area contributed by atoms with Crippen LogP contribution in [0.1, 0.15) is 26.3 Å². The van der Waals surface area contributed by atoms with Gasteiger partial charge in [-0.2, -0.15) is 5.10 Å². The topological polar surface area (TPSA) is 86.2 Å². The number of rotatable bonds is 7. The van der Waals surface area contributed by atoms with Gasteiger partial charge in [0.15, 0.2) is 11.5 Å². The van der Waals surface area contributed by atoms with Crippen LogP contribution >= 0.6 is 15.9 Å². The van der Waals surface area contributed by atoms with Crippen molar-refractivity contribution < 1.29 is 23.8 Å². The molecule has 0 aliphatic carbocycles. The Morgan fingerprint density at radius 3 is 2.32 bits per heavy atom. The molecule has 0 bridgehead atoms. The van der Waals surface area contributed by atoms with E-state index in [1.165, 1.54) is 20.4 Å². The summed E-state index contributed by atoms with van der Waals surface area (Å²) in [6.07, 6.45) is 1.45. The number of hydrogen-bond donors (Lipinski definition) is 1. The number of halogens is 1. The second-order valence-corrected chi connectivity index (χ2v) is 7.13. The van der Waals surface area contributed by atoms with Crippen molar-refractivity contribution in [1.29, 1.82) is 0 Å². The minimum absolute atomic E-state index is 0.274. The molecule has 0 fully saturated rings. The van der Waals surface area contributed by atoms with Gasteiger partial charge in [-0.3, -0.25) is 4.79 Å². The minimum Gasteiger partial charge on any atom is -0.496 e. The summed E-state index contributed by atoms with van der Waals surface area (Å²) < 4.78 is 16.7. The number of amides is 1. The van der Waals surface area contributed by atoms with E-state index in [0.29, 0.717) is 28.2 Å². The molecule has 3 rings (SSSR count). The molecular formula is C23H19BrN2O5. The quantitative estimate of drug-likeness (QED) is 0.232. The summed E-state index contributed by atoms with van der Waals surface area (Å²) in [4.78, 5) is 24.7. The van der Waals surface area contributed by atoms with Crippen LogP contribution in [-0.2, 0) is 0 Å². The summed E-state index contributed by atoms with van der Waals surface area (Å²) in [6, 6.07) is 18.7. The Kier molecular flexibility index (Phi) is 7.40. The summed E-state index contributed by atoms with van der Waals surface area (Å²) in [7, 11) is 2.96. The Labute approximate surface area is 187 Å². The molecule has 0 aromatic heterocycles. The molecule has 1 amide bonds. The van der Waals surface area contributed by atoms with Crippen LogP contribution in [0.5, 0.6) is 17.2 Å². The van der Waals surface area contributed by atoms with Crippen molar-refractivity contribution in [3.05, 3.63) is 87.9 Å². The SMILES string of the molecule is COc1cc(/C=N/NC(=O)c2cc(Br)ccc2OC)ccc1OC(=O)c1ccccc1. The molecule has 0 spiro atoms. The van der Waals surface area contributed by atoms with E-state index in [4.69, 9.17) is 14.2 Å². The second kappa shape index (κ2) is 10.4. The van der Waals surface area contributed by atoms with Crippen molar-refractivity contribution in [2.24, 2.45) is 5.10 Å². The zero-order chi connectivity index (χ0) is 22.2. The van der Waals surface area contributed by atoms with Gasteiger partial charge in [-0.15, -0.1) is 0 Å². The van der Waals surface area contributed by atoms with Gasteiger partial charge in [0, 0.05) is 4.47 Å². The van der Waals surface area contributed by atoms with Gasteiger partial charge >= 0.3 is 5.97 Å². The van der Waals surface area contributed by atoms with Gasteiger partial charge in [-0.05, 0) is 54.1 Å². The highest BCUT2D eigenvalue weighted by Gasteiger charge is 2.13. The van der Waals surface area contributed by atoms with E-state index >= 15 is 0 Å². The third kappa shape index (κ3) is 5.70. The molecule has 0 radical (unpaired) electrons. The summed E-state index contributed by atoms with van der Waals surface area (Å²) in [5.41, 5.74) is 3.87. The molecule has 1 N–H and O–H groups in total. The Morgan fingerprint density at radius 2 is 1.61 bits per heavy atom. The number of esters is 1. The van der Waals surface area contributed by atoms with Crippen molar-refractivity contribution in [3.63, 3.8) is 0 Å². The molecule has 0 atom stereocenters. The summed E-state index contributed by atoms with van der Waals surface area (Å²) in [5, 5.41) is 3.98. The molecule has 31 heavy (non-hydrogen) atoms.